The van der Waals surface area contributed by atoms with E-state index in [1.807, 2.05) is 6.07 Å². The van der Waals surface area contributed by atoms with Gasteiger partial charge in [0, 0.05) is 6.54 Å². The molecule has 0 bridgehead atoms. The van der Waals surface area contributed by atoms with E-state index in [9.17, 15) is 4.79 Å². The zero-order valence-corrected chi connectivity index (χ0v) is 12.0. The lowest BCUT2D eigenvalue weighted by Crippen LogP contribution is -2.37. The summed E-state index contributed by atoms with van der Waals surface area (Å²) in [7, 11) is 0. The fourth-order valence-electron chi connectivity index (χ4n) is 1.62. The molecule has 106 valence electrons. The van der Waals surface area contributed by atoms with E-state index in [-0.39, 0.29) is 18.3 Å². The number of hydrogen-bond donors (Lipinski definition) is 2. The van der Waals surface area contributed by atoms with Crippen LogP contribution in [0.2, 0.25) is 5.02 Å². The fourth-order valence-corrected chi connectivity index (χ4v) is 1.90. The number of benzene rings is 1. The van der Waals surface area contributed by atoms with Crippen molar-refractivity contribution in [2.45, 2.75) is 19.5 Å². The van der Waals surface area contributed by atoms with Crippen molar-refractivity contribution >= 4 is 29.9 Å². The second-order valence-electron chi connectivity index (χ2n) is 4.11. The number of fused-ring (bicyclic) bond motifs is 1. The highest BCUT2D eigenvalue weighted by molar-refractivity contribution is 6.32. The first-order valence-corrected chi connectivity index (χ1v) is 6.07. The molecule has 0 unspecified atom stereocenters. The molecule has 0 aromatic heterocycles. The summed E-state index contributed by atoms with van der Waals surface area (Å²) in [5.74, 6) is 0.963. The number of ether oxygens (including phenoxy) is 2. The van der Waals surface area contributed by atoms with Gasteiger partial charge < -0.3 is 20.5 Å². The van der Waals surface area contributed by atoms with Crippen molar-refractivity contribution < 1.29 is 14.3 Å². The summed E-state index contributed by atoms with van der Waals surface area (Å²) in [5.41, 5.74) is 6.30. The average Bonchev–Trinajstić information content (AvgIpc) is 2.36. The highest BCUT2D eigenvalue weighted by Crippen LogP contribution is 2.38. The molecule has 5 nitrogen and oxygen atoms in total. The molecule has 0 saturated carbocycles. The molecule has 1 heterocycles. The monoisotopic (exact) mass is 306 g/mol. The minimum absolute atomic E-state index is 0. The van der Waals surface area contributed by atoms with E-state index in [0.29, 0.717) is 36.3 Å². The second-order valence-corrected chi connectivity index (χ2v) is 4.52. The van der Waals surface area contributed by atoms with Crippen LogP contribution in [0.5, 0.6) is 11.5 Å². The number of nitrogens with two attached hydrogens (primary N) is 1. The Morgan fingerprint density at radius 3 is 2.84 bits per heavy atom. The first-order valence-electron chi connectivity index (χ1n) is 5.69. The van der Waals surface area contributed by atoms with Gasteiger partial charge in [-0.25, -0.2) is 0 Å². The molecule has 1 aromatic carbocycles. The number of rotatable bonds is 3. The van der Waals surface area contributed by atoms with Crippen LogP contribution in [-0.2, 0) is 11.3 Å². The van der Waals surface area contributed by atoms with Crippen molar-refractivity contribution in [1.82, 2.24) is 5.32 Å². The molecule has 2 rings (SSSR count). The van der Waals surface area contributed by atoms with Crippen molar-refractivity contribution in [3.63, 3.8) is 0 Å². The van der Waals surface area contributed by atoms with Crippen molar-refractivity contribution in [2.75, 3.05) is 13.2 Å². The van der Waals surface area contributed by atoms with Gasteiger partial charge in [0.15, 0.2) is 11.5 Å². The predicted molar refractivity (Wildman–Crippen MR) is 75.2 cm³/mol. The molecule has 1 amide bonds. The van der Waals surface area contributed by atoms with Crippen LogP contribution in [0.4, 0.5) is 0 Å². The number of hydrogen-bond acceptors (Lipinski definition) is 4. The van der Waals surface area contributed by atoms with Crippen LogP contribution < -0.4 is 20.5 Å². The van der Waals surface area contributed by atoms with Gasteiger partial charge in [-0.1, -0.05) is 11.6 Å². The van der Waals surface area contributed by atoms with Crippen LogP contribution in [-0.4, -0.2) is 25.2 Å². The van der Waals surface area contributed by atoms with Crippen molar-refractivity contribution in [3.05, 3.63) is 22.7 Å². The summed E-state index contributed by atoms with van der Waals surface area (Å²) < 4.78 is 10.9. The van der Waals surface area contributed by atoms with Gasteiger partial charge in [0.2, 0.25) is 5.91 Å². The van der Waals surface area contributed by atoms with Gasteiger partial charge in [0.05, 0.1) is 11.1 Å². The molecular formula is C12H16Cl2N2O3. The Hall–Kier alpha value is -1.17. The maximum absolute atomic E-state index is 11.4. The van der Waals surface area contributed by atoms with E-state index in [1.165, 1.54) is 0 Å². The molecule has 1 aliphatic rings. The summed E-state index contributed by atoms with van der Waals surface area (Å²) in [6.07, 6.45) is 0. The van der Waals surface area contributed by atoms with Crippen LogP contribution >= 0.6 is 24.0 Å². The Morgan fingerprint density at radius 1 is 1.47 bits per heavy atom. The van der Waals surface area contributed by atoms with Gasteiger partial charge in [-0.3, -0.25) is 4.79 Å². The van der Waals surface area contributed by atoms with Crippen molar-refractivity contribution in [1.29, 1.82) is 0 Å². The van der Waals surface area contributed by atoms with E-state index in [2.05, 4.69) is 5.32 Å². The molecule has 0 spiro atoms. The minimum Gasteiger partial charge on any atom is -0.486 e. The predicted octanol–water partition coefficient (Wildman–Crippen LogP) is 1.50. The smallest absolute Gasteiger partial charge is 0.236 e. The van der Waals surface area contributed by atoms with Gasteiger partial charge in [-0.2, -0.15) is 0 Å². The van der Waals surface area contributed by atoms with Gasteiger partial charge >= 0.3 is 0 Å². The highest BCUT2D eigenvalue weighted by atomic mass is 35.5. The van der Waals surface area contributed by atoms with Crippen LogP contribution in [0.15, 0.2) is 12.1 Å². The molecule has 0 aliphatic carbocycles. The normalized spacial score (nSPS) is 14.3. The lowest BCUT2D eigenvalue weighted by atomic mass is 10.2. The molecule has 19 heavy (non-hydrogen) atoms. The third-order valence-electron chi connectivity index (χ3n) is 2.54. The molecule has 1 atom stereocenters. The summed E-state index contributed by atoms with van der Waals surface area (Å²) >= 11 is 6.08. The van der Waals surface area contributed by atoms with Gasteiger partial charge in [0.25, 0.3) is 0 Å². The summed E-state index contributed by atoms with van der Waals surface area (Å²) in [6.45, 7) is 2.98. The third kappa shape index (κ3) is 3.89. The Kier molecular flexibility index (Phi) is 5.72. The maximum atomic E-state index is 11.4. The highest BCUT2D eigenvalue weighted by Gasteiger charge is 2.17. The minimum atomic E-state index is -0.530. The SMILES string of the molecule is C[C@H](N)C(=O)NCc1cc(Cl)c2c(c1)OCCO2.Cl. The zero-order valence-electron chi connectivity index (χ0n) is 10.4. The van der Waals surface area contributed by atoms with E-state index >= 15 is 0 Å². The van der Waals surface area contributed by atoms with Crippen LogP contribution in [0, 0.1) is 0 Å². The number of nitrogens with one attached hydrogen (secondary N) is 1. The Labute approximate surface area is 122 Å². The molecule has 1 aliphatic heterocycles. The number of carbonyl (C=O) groups is 1. The van der Waals surface area contributed by atoms with E-state index < -0.39 is 6.04 Å². The quantitative estimate of drug-likeness (QED) is 0.887. The molecule has 0 fully saturated rings. The first kappa shape index (κ1) is 15.9. The summed E-state index contributed by atoms with van der Waals surface area (Å²) in [5, 5.41) is 3.20. The molecule has 1 aromatic rings. The summed E-state index contributed by atoms with van der Waals surface area (Å²) in [4.78, 5) is 11.4. The number of amides is 1. The van der Waals surface area contributed by atoms with E-state index in [1.54, 1.807) is 13.0 Å². The molecule has 7 heteroatoms. The fraction of sp³-hybridized carbons (Fsp3) is 0.417. The van der Waals surface area contributed by atoms with Crippen molar-refractivity contribution in [2.24, 2.45) is 5.73 Å². The second kappa shape index (κ2) is 6.84. The average molecular weight is 307 g/mol. The third-order valence-corrected chi connectivity index (χ3v) is 2.82. The van der Waals surface area contributed by atoms with Crippen molar-refractivity contribution in [3.8, 4) is 11.5 Å². The summed E-state index contributed by atoms with van der Waals surface area (Å²) in [6, 6.07) is 3.02. The Balaban J connectivity index is 0.00000180. The maximum Gasteiger partial charge on any atom is 0.236 e. The molecular weight excluding hydrogens is 291 g/mol. The molecule has 0 saturated heterocycles. The van der Waals surface area contributed by atoms with Crippen LogP contribution in [0.1, 0.15) is 12.5 Å². The van der Waals surface area contributed by atoms with E-state index in [0.717, 1.165) is 5.56 Å². The standard InChI is InChI=1S/C12H15ClN2O3.ClH/c1-7(14)12(16)15-6-8-4-9(13)11-10(5-8)17-2-3-18-11;/h4-5,7H,2-3,6,14H2,1H3,(H,15,16);1H/t7-;/m0./s1. The first-order chi connectivity index (χ1) is 8.58. The Bertz CT molecular complexity index is 467. The largest absolute Gasteiger partial charge is 0.486 e. The zero-order chi connectivity index (χ0) is 13.1. The molecule has 3 N–H and O–H groups in total. The van der Waals surface area contributed by atoms with Crippen LogP contribution in [0.3, 0.4) is 0 Å². The van der Waals surface area contributed by atoms with E-state index in [4.69, 9.17) is 26.8 Å². The lowest BCUT2D eigenvalue weighted by molar-refractivity contribution is -0.122. The van der Waals surface area contributed by atoms with Gasteiger partial charge in [0.1, 0.15) is 13.2 Å². The topological polar surface area (TPSA) is 73.6 Å². The van der Waals surface area contributed by atoms with Gasteiger partial charge in [-0.05, 0) is 24.6 Å². The van der Waals surface area contributed by atoms with Gasteiger partial charge in [-0.15, -0.1) is 12.4 Å². The van der Waals surface area contributed by atoms with Crippen LogP contribution in [0.25, 0.3) is 0 Å². The number of halogens is 2. The lowest BCUT2D eigenvalue weighted by Gasteiger charge is -2.20. The molecule has 0 radical (unpaired) electrons. The number of carbonyl (C=O) groups excluding carboxylic acids is 1. The Morgan fingerprint density at radius 2 is 2.16 bits per heavy atom.